The third-order valence-electron chi connectivity index (χ3n) is 5.45. The van der Waals surface area contributed by atoms with Crippen LogP contribution in [-0.4, -0.2) is 34.4 Å². The largest absolute Gasteiger partial charge is 0.497 e. The predicted octanol–water partition coefficient (Wildman–Crippen LogP) is 4.07. The van der Waals surface area contributed by atoms with Crippen molar-refractivity contribution in [2.45, 2.75) is 24.9 Å². The summed E-state index contributed by atoms with van der Waals surface area (Å²) < 4.78 is 11.0. The van der Waals surface area contributed by atoms with Gasteiger partial charge in [0.1, 0.15) is 29.1 Å². The van der Waals surface area contributed by atoms with Crippen LogP contribution >= 0.6 is 11.6 Å². The van der Waals surface area contributed by atoms with E-state index in [2.05, 4.69) is 20.6 Å². The van der Waals surface area contributed by atoms with Gasteiger partial charge in [-0.25, -0.2) is 9.97 Å². The molecule has 2 N–H and O–H groups in total. The molecule has 3 aromatic rings. The SMILES string of the molecule is COc1ccc(Oc2ccc(CNC(=O)C3(NC(=O)c4cncnc4)CC=CC3)cc2)c(Cl)c1. The van der Waals surface area contributed by atoms with Gasteiger partial charge in [-0.1, -0.05) is 35.9 Å². The minimum Gasteiger partial charge on any atom is -0.497 e. The molecule has 34 heavy (non-hydrogen) atoms. The van der Waals surface area contributed by atoms with E-state index in [0.717, 1.165) is 5.56 Å². The third-order valence-corrected chi connectivity index (χ3v) is 5.75. The van der Waals surface area contributed by atoms with Gasteiger partial charge in [0.05, 0.1) is 17.7 Å². The van der Waals surface area contributed by atoms with Crippen LogP contribution in [0, 0.1) is 0 Å². The Bertz CT molecular complexity index is 1190. The van der Waals surface area contributed by atoms with Crippen molar-refractivity contribution >= 4 is 23.4 Å². The first-order valence-electron chi connectivity index (χ1n) is 10.6. The fourth-order valence-electron chi connectivity index (χ4n) is 3.55. The molecule has 2 amide bonds. The molecule has 174 valence electrons. The van der Waals surface area contributed by atoms with Gasteiger partial charge in [0.15, 0.2) is 0 Å². The Morgan fingerprint density at radius 3 is 2.35 bits per heavy atom. The molecular weight excluding hydrogens is 456 g/mol. The predicted molar refractivity (Wildman–Crippen MR) is 127 cm³/mol. The van der Waals surface area contributed by atoms with Gasteiger partial charge in [-0.3, -0.25) is 9.59 Å². The second kappa shape index (κ2) is 10.4. The number of amides is 2. The van der Waals surface area contributed by atoms with Gasteiger partial charge in [0.2, 0.25) is 5.91 Å². The first-order chi connectivity index (χ1) is 16.5. The lowest BCUT2D eigenvalue weighted by molar-refractivity contribution is -0.127. The number of rotatable bonds is 8. The molecule has 8 nitrogen and oxygen atoms in total. The number of aromatic nitrogens is 2. The van der Waals surface area contributed by atoms with E-state index in [4.69, 9.17) is 21.1 Å². The molecule has 1 aliphatic carbocycles. The molecule has 0 radical (unpaired) electrons. The highest BCUT2D eigenvalue weighted by Gasteiger charge is 2.40. The van der Waals surface area contributed by atoms with Crippen molar-refractivity contribution in [1.29, 1.82) is 0 Å². The zero-order chi connectivity index (χ0) is 24.0. The van der Waals surface area contributed by atoms with Gasteiger partial charge in [-0.2, -0.15) is 0 Å². The van der Waals surface area contributed by atoms with Crippen molar-refractivity contribution in [3.8, 4) is 17.2 Å². The zero-order valence-electron chi connectivity index (χ0n) is 18.5. The molecule has 2 aromatic carbocycles. The zero-order valence-corrected chi connectivity index (χ0v) is 19.2. The van der Waals surface area contributed by atoms with Gasteiger partial charge >= 0.3 is 0 Å². The number of carbonyl (C=O) groups is 2. The number of benzene rings is 2. The first-order valence-corrected chi connectivity index (χ1v) is 11.0. The Morgan fingerprint density at radius 1 is 1.03 bits per heavy atom. The van der Waals surface area contributed by atoms with Crippen molar-refractivity contribution in [3.63, 3.8) is 0 Å². The Balaban J connectivity index is 1.36. The molecule has 0 bridgehead atoms. The van der Waals surface area contributed by atoms with E-state index < -0.39 is 11.4 Å². The van der Waals surface area contributed by atoms with E-state index in [0.29, 0.717) is 47.2 Å². The second-order valence-corrected chi connectivity index (χ2v) is 8.18. The molecule has 0 unspecified atom stereocenters. The second-order valence-electron chi connectivity index (χ2n) is 7.77. The van der Waals surface area contributed by atoms with Crippen molar-refractivity contribution in [1.82, 2.24) is 20.6 Å². The summed E-state index contributed by atoms with van der Waals surface area (Å²) in [6.07, 6.45) is 8.77. The van der Waals surface area contributed by atoms with Gasteiger partial charge in [0.25, 0.3) is 5.91 Å². The summed E-state index contributed by atoms with van der Waals surface area (Å²) in [5.74, 6) is 1.12. The van der Waals surface area contributed by atoms with Crippen molar-refractivity contribution in [2.75, 3.05) is 7.11 Å². The number of halogens is 1. The molecule has 9 heteroatoms. The van der Waals surface area contributed by atoms with Gasteiger partial charge < -0.3 is 20.1 Å². The van der Waals surface area contributed by atoms with Crippen molar-refractivity contribution in [2.24, 2.45) is 0 Å². The quantitative estimate of drug-likeness (QED) is 0.473. The van der Waals surface area contributed by atoms with Crippen molar-refractivity contribution < 1.29 is 19.1 Å². The minimum absolute atomic E-state index is 0.256. The Kier molecular flexibility index (Phi) is 7.08. The molecule has 0 saturated heterocycles. The minimum atomic E-state index is -1.04. The third kappa shape index (κ3) is 5.35. The van der Waals surface area contributed by atoms with E-state index in [1.807, 2.05) is 24.3 Å². The summed E-state index contributed by atoms with van der Waals surface area (Å²) in [5, 5.41) is 6.23. The standard InChI is InChI=1S/C25H23ClN4O4/c1-33-20-8-9-22(21(26)12-20)34-19-6-4-17(5-7-19)13-29-24(32)25(10-2-3-11-25)30-23(31)18-14-27-16-28-15-18/h2-9,12,14-16H,10-11,13H2,1H3,(H,29,32)(H,30,31). The van der Waals surface area contributed by atoms with E-state index in [1.54, 1.807) is 37.4 Å². The first kappa shape index (κ1) is 23.3. The topological polar surface area (TPSA) is 102 Å². The van der Waals surface area contributed by atoms with E-state index >= 15 is 0 Å². The van der Waals surface area contributed by atoms with E-state index in [9.17, 15) is 9.59 Å². The summed E-state index contributed by atoms with van der Waals surface area (Å²) in [4.78, 5) is 33.4. The normalized spacial score (nSPS) is 13.8. The average Bonchev–Trinajstić information content (AvgIpc) is 3.34. The summed E-state index contributed by atoms with van der Waals surface area (Å²) in [7, 11) is 1.57. The lowest BCUT2D eigenvalue weighted by Gasteiger charge is -2.29. The molecule has 0 saturated carbocycles. The molecule has 4 rings (SSSR count). The monoisotopic (exact) mass is 478 g/mol. The Morgan fingerprint density at radius 2 is 1.71 bits per heavy atom. The van der Waals surface area contributed by atoms with Gasteiger partial charge in [0, 0.05) is 25.0 Å². The van der Waals surface area contributed by atoms with Crippen LogP contribution in [0.4, 0.5) is 0 Å². The lowest BCUT2D eigenvalue weighted by Crippen LogP contribution is -2.57. The van der Waals surface area contributed by atoms with Crippen LogP contribution in [0.2, 0.25) is 5.02 Å². The number of hydrogen-bond donors (Lipinski definition) is 2. The van der Waals surface area contributed by atoms with Crippen LogP contribution < -0.4 is 20.1 Å². The summed E-state index contributed by atoms with van der Waals surface area (Å²) in [5.41, 5.74) is 0.140. The molecule has 0 atom stereocenters. The van der Waals surface area contributed by atoms with Crippen LogP contribution in [0.5, 0.6) is 17.2 Å². The Labute approximate surface area is 202 Å². The van der Waals surface area contributed by atoms with Crippen molar-refractivity contribution in [3.05, 3.63) is 89.5 Å². The smallest absolute Gasteiger partial charge is 0.255 e. The summed E-state index contributed by atoms with van der Waals surface area (Å²) in [6, 6.07) is 12.5. The highest BCUT2D eigenvalue weighted by atomic mass is 35.5. The van der Waals surface area contributed by atoms with E-state index in [-0.39, 0.29) is 5.91 Å². The number of carbonyl (C=O) groups excluding carboxylic acids is 2. The number of nitrogens with zero attached hydrogens (tertiary/aromatic N) is 2. The van der Waals surface area contributed by atoms with Crippen LogP contribution in [0.15, 0.2) is 73.3 Å². The maximum atomic E-state index is 13.1. The molecular formula is C25H23ClN4O4. The summed E-state index contributed by atoms with van der Waals surface area (Å²) >= 11 is 6.23. The van der Waals surface area contributed by atoms with Gasteiger partial charge in [-0.05, 0) is 42.7 Å². The van der Waals surface area contributed by atoms with Crippen LogP contribution in [0.1, 0.15) is 28.8 Å². The lowest BCUT2D eigenvalue weighted by atomic mass is 9.94. The number of ether oxygens (including phenoxy) is 2. The highest BCUT2D eigenvalue weighted by Crippen LogP contribution is 2.32. The number of nitrogens with one attached hydrogen (secondary N) is 2. The molecule has 0 aliphatic heterocycles. The maximum Gasteiger partial charge on any atom is 0.255 e. The molecule has 0 spiro atoms. The molecule has 1 aliphatic rings. The average molecular weight is 479 g/mol. The van der Waals surface area contributed by atoms with Gasteiger partial charge in [-0.15, -0.1) is 0 Å². The van der Waals surface area contributed by atoms with Crippen LogP contribution in [-0.2, 0) is 11.3 Å². The number of methoxy groups -OCH3 is 1. The van der Waals surface area contributed by atoms with E-state index in [1.165, 1.54) is 18.7 Å². The number of hydrogen-bond acceptors (Lipinski definition) is 6. The summed E-state index contributed by atoms with van der Waals surface area (Å²) in [6.45, 7) is 0.300. The molecule has 1 aromatic heterocycles. The highest BCUT2D eigenvalue weighted by molar-refractivity contribution is 6.32. The molecule has 0 fully saturated rings. The molecule has 1 heterocycles. The Hall–Kier alpha value is -3.91. The van der Waals surface area contributed by atoms with Crippen LogP contribution in [0.3, 0.4) is 0 Å². The fraction of sp³-hybridized carbons (Fsp3) is 0.200. The fourth-order valence-corrected chi connectivity index (χ4v) is 3.76. The van der Waals surface area contributed by atoms with Crippen LogP contribution in [0.25, 0.3) is 0 Å². The maximum absolute atomic E-state index is 13.1.